The van der Waals surface area contributed by atoms with Crippen LogP contribution in [0.4, 0.5) is 0 Å². The predicted molar refractivity (Wildman–Crippen MR) is 46.6 cm³/mol. The molecule has 0 aromatic heterocycles. The first-order chi connectivity index (χ1) is 6.15. The fourth-order valence-electron chi connectivity index (χ4n) is 1.28. The maximum atomic E-state index is 10.9. The molecule has 1 heterocycles. The SMILES string of the molecule is CC[C@H]1C(=O)N[C@H]1/C=C/OC(C)=O. The van der Waals surface area contributed by atoms with E-state index in [0.29, 0.717) is 0 Å². The van der Waals surface area contributed by atoms with Crippen LogP contribution in [0.5, 0.6) is 0 Å². The van der Waals surface area contributed by atoms with Gasteiger partial charge < -0.3 is 10.1 Å². The third kappa shape index (κ3) is 2.31. The van der Waals surface area contributed by atoms with Crippen LogP contribution in [0.1, 0.15) is 20.3 Å². The zero-order valence-corrected chi connectivity index (χ0v) is 7.74. The number of hydrogen-bond donors (Lipinski definition) is 1. The van der Waals surface area contributed by atoms with Gasteiger partial charge in [-0.15, -0.1) is 0 Å². The molecule has 1 rings (SSSR count). The number of amides is 1. The summed E-state index contributed by atoms with van der Waals surface area (Å²) in [5.41, 5.74) is 0. The van der Waals surface area contributed by atoms with E-state index in [2.05, 4.69) is 10.1 Å². The molecule has 0 aromatic carbocycles. The second kappa shape index (κ2) is 4.07. The van der Waals surface area contributed by atoms with Crippen molar-refractivity contribution in [1.82, 2.24) is 5.32 Å². The van der Waals surface area contributed by atoms with Crippen LogP contribution in [0.3, 0.4) is 0 Å². The minimum Gasteiger partial charge on any atom is -0.435 e. The monoisotopic (exact) mass is 183 g/mol. The standard InChI is InChI=1S/C9H13NO3/c1-3-7-8(10-9(7)12)4-5-13-6(2)11/h4-5,7-8H,3H2,1-2H3,(H,10,12)/b5-4+/t7-,8+/m1/s1. The summed E-state index contributed by atoms with van der Waals surface area (Å²) >= 11 is 0. The number of β-lactam (4-membered cyclic amide) rings is 1. The minimum absolute atomic E-state index is 0.0249. The van der Waals surface area contributed by atoms with Crippen molar-refractivity contribution in [3.05, 3.63) is 12.3 Å². The van der Waals surface area contributed by atoms with Gasteiger partial charge in [-0.25, -0.2) is 0 Å². The molecule has 1 aliphatic rings. The Labute approximate surface area is 76.9 Å². The molecule has 0 radical (unpaired) electrons. The summed E-state index contributed by atoms with van der Waals surface area (Å²) in [7, 11) is 0. The summed E-state index contributed by atoms with van der Waals surface area (Å²) in [5.74, 6) is -0.248. The van der Waals surface area contributed by atoms with E-state index in [4.69, 9.17) is 0 Å². The van der Waals surface area contributed by atoms with Crippen LogP contribution in [-0.2, 0) is 14.3 Å². The summed E-state index contributed by atoms with van der Waals surface area (Å²) in [4.78, 5) is 21.3. The Bertz CT molecular complexity index is 247. The van der Waals surface area contributed by atoms with Gasteiger partial charge in [0.15, 0.2) is 0 Å². The van der Waals surface area contributed by atoms with Crippen molar-refractivity contribution in [2.75, 3.05) is 0 Å². The van der Waals surface area contributed by atoms with Crippen LogP contribution in [0, 0.1) is 5.92 Å². The van der Waals surface area contributed by atoms with Gasteiger partial charge in [0.2, 0.25) is 5.91 Å². The van der Waals surface area contributed by atoms with Crippen LogP contribution in [-0.4, -0.2) is 17.9 Å². The van der Waals surface area contributed by atoms with Gasteiger partial charge in [0.1, 0.15) is 0 Å². The molecule has 0 aliphatic carbocycles. The van der Waals surface area contributed by atoms with Crippen molar-refractivity contribution in [3.63, 3.8) is 0 Å². The van der Waals surface area contributed by atoms with Gasteiger partial charge in [-0.3, -0.25) is 9.59 Å². The van der Waals surface area contributed by atoms with E-state index >= 15 is 0 Å². The average molecular weight is 183 g/mol. The fourth-order valence-corrected chi connectivity index (χ4v) is 1.28. The highest BCUT2D eigenvalue weighted by atomic mass is 16.5. The molecule has 1 aliphatic heterocycles. The number of ether oxygens (including phenoxy) is 1. The molecule has 72 valence electrons. The molecule has 2 atom stereocenters. The van der Waals surface area contributed by atoms with Crippen molar-refractivity contribution < 1.29 is 14.3 Å². The van der Waals surface area contributed by atoms with Gasteiger partial charge in [-0.1, -0.05) is 6.92 Å². The van der Waals surface area contributed by atoms with E-state index in [1.807, 2.05) is 6.92 Å². The summed E-state index contributed by atoms with van der Waals surface area (Å²) in [6.07, 6.45) is 3.83. The van der Waals surface area contributed by atoms with Gasteiger partial charge in [-0.2, -0.15) is 0 Å². The number of hydrogen-bond acceptors (Lipinski definition) is 3. The zero-order chi connectivity index (χ0) is 9.84. The van der Waals surface area contributed by atoms with E-state index in [1.54, 1.807) is 6.08 Å². The van der Waals surface area contributed by atoms with Gasteiger partial charge in [-0.05, 0) is 12.5 Å². The van der Waals surface area contributed by atoms with Crippen LogP contribution in [0.2, 0.25) is 0 Å². The number of rotatable bonds is 3. The largest absolute Gasteiger partial charge is 0.435 e. The summed E-state index contributed by atoms with van der Waals surface area (Å²) in [6, 6.07) is 0.0249. The molecule has 1 amide bonds. The quantitative estimate of drug-likeness (QED) is 0.396. The molecular formula is C9H13NO3. The second-order valence-corrected chi connectivity index (χ2v) is 2.99. The Hall–Kier alpha value is -1.32. The molecule has 4 nitrogen and oxygen atoms in total. The first kappa shape index (κ1) is 9.77. The number of carbonyl (C=O) groups excluding carboxylic acids is 2. The number of esters is 1. The highest BCUT2D eigenvalue weighted by Gasteiger charge is 2.35. The molecule has 1 fully saturated rings. The molecule has 0 bridgehead atoms. The van der Waals surface area contributed by atoms with Gasteiger partial charge in [0.25, 0.3) is 0 Å². The molecule has 1 N–H and O–H groups in total. The lowest BCUT2D eigenvalue weighted by Crippen LogP contribution is -2.56. The summed E-state index contributed by atoms with van der Waals surface area (Å²) < 4.78 is 4.61. The Balaban J connectivity index is 2.34. The molecule has 0 unspecified atom stereocenters. The van der Waals surface area contributed by atoms with E-state index in [1.165, 1.54) is 13.2 Å². The van der Waals surface area contributed by atoms with Crippen LogP contribution in [0.25, 0.3) is 0 Å². The van der Waals surface area contributed by atoms with E-state index in [-0.39, 0.29) is 23.8 Å². The topological polar surface area (TPSA) is 55.4 Å². The maximum absolute atomic E-state index is 10.9. The molecule has 4 heteroatoms. The Morgan fingerprint density at radius 1 is 1.69 bits per heavy atom. The molecule has 0 spiro atoms. The maximum Gasteiger partial charge on any atom is 0.307 e. The Morgan fingerprint density at radius 3 is 2.85 bits per heavy atom. The lowest BCUT2D eigenvalue weighted by atomic mass is 9.88. The van der Waals surface area contributed by atoms with Gasteiger partial charge >= 0.3 is 5.97 Å². The average Bonchev–Trinajstić information content (AvgIpc) is 2.02. The third-order valence-electron chi connectivity index (χ3n) is 2.04. The highest BCUT2D eigenvalue weighted by molar-refractivity contribution is 5.86. The molecule has 0 aromatic rings. The zero-order valence-electron chi connectivity index (χ0n) is 7.74. The highest BCUT2D eigenvalue weighted by Crippen LogP contribution is 2.19. The lowest BCUT2D eigenvalue weighted by Gasteiger charge is -2.33. The third-order valence-corrected chi connectivity index (χ3v) is 2.04. The van der Waals surface area contributed by atoms with Crippen LogP contribution < -0.4 is 5.32 Å². The second-order valence-electron chi connectivity index (χ2n) is 2.99. The normalized spacial score (nSPS) is 26.8. The van der Waals surface area contributed by atoms with Crippen LogP contribution in [0.15, 0.2) is 12.3 Å². The molecule has 1 saturated heterocycles. The van der Waals surface area contributed by atoms with Crippen molar-refractivity contribution in [1.29, 1.82) is 0 Å². The Kier molecular flexibility index (Phi) is 3.06. The van der Waals surface area contributed by atoms with Crippen molar-refractivity contribution >= 4 is 11.9 Å². The van der Waals surface area contributed by atoms with E-state index < -0.39 is 0 Å². The van der Waals surface area contributed by atoms with Crippen molar-refractivity contribution in [3.8, 4) is 0 Å². The summed E-state index contributed by atoms with van der Waals surface area (Å²) in [5, 5.41) is 2.70. The lowest BCUT2D eigenvalue weighted by molar-refractivity contribution is -0.135. The predicted octanol–water partition coefficient (Wildman–Crippen LogP) is 0.588. The minimum atomic E-state index is -0.352. The van der Waals surface area contributed by atoms with E-state index in [9.17, 15) is 9.59 Å². The fraction of sp³-hybridized carbons (Fsp3) is 0.556. The summed E-state index contributed by atoms with van der Waals surface area (Å²) in [6.45, 7) is 3.29. The number of carbonyl (C=O) groups is 2. The van der Waals surface area contributed by atoms with Gasteiger partial charge in [0, 0.05) is 6.92 Å². The first-order valence-corrected chi connectivity index (χ1v) is 4.29. The smallest absolute Gasteiger partial charge is 0.307 e. The molecular weight excluding hydrogens is 170 g/mol. The van der Waals surface area contributed by atoms with Crippen molar-refractivity contribution in [2.45, 2.75) is 26.3 Å². The molecule has 0 saturated carbocycles. The van der Waals surface area contributed by atoms with Gasteiger partial charge in [0.05, 0.1) is 18.2 Å². The van der Waals surface area contributed by atoms with Crippen LogP contribution >= 0.6 is 0 Å². The number of nitrogens with one attached hydrogen (secondary N) is 1. The van der Waals surface area contributed by atoms with E-state index in [0.717, 1.165) is 6.42 Å². The molecule has 13 heavy (non-hydrogen) atoms. The first-order valence-electron chi connectivity index (χ1n) is 4.29. The Morgan fingerprint density at radius 2 is 2.38 bits per heavy atom. The van der Waals surface area contributed by atoms with Crippen molar-refractivity contribution in [2.24, 2.45) is 5.92 Å².